The van der Waals surface area contributed by atoms with Crippen molar-refractivity contribution in [2.24, 2.45) is 0 Å². The molecule has 0 unspecified atom stereocenters. The largest absolute Gasteiger partial charge is 0.390 e. The van der Waals surface area contributed by atoms with Gasteiger partial charge in [0.15, 0.2) is 0 Å². The SMILES string of the molecule is CC(C)c1nc(-c2ccc(CO)nc2)cs1. The van der Waals surface area contributed by atoms with Crippen molar-refractivity contribution in [2.75, 3.05) is 0 Å². The van der Waals surface area contributed by atoms with Gasteiger partial charge in [-0.15, -0.1) is 11.3 Å². The Balaban J connectivity index is 2.28. The van der Waals surface area contributed by atoms with Crippen LogP contribution in [0.4, 0.5) is 0 Å². The molecular weight excluding hydrogens is 220 g/mol. The van der Waals surface area contributed by atoms with Gasteiger partial charge in [-0.1, -0.05) is 13.8 Å². The third-order valence-corrected chi connectivity index (χ3v) is 3.44. The van der Waals surface area contributed by atoms with Gasteiger partial charge in [-0.2, -0.15) is 0 Å². The first kappa shape index (κ1) is 11.2. The lowest BCUT2D eigenvalue weighted by Crippen LogP contribution is -1.89. The predicted molar refractivity (Wildman–Crippen MR) is 65.4 cm³/mol. The van der Waals surface area contributed by atoms with Gasteiger partial charge < -0.3 is 5.11 Å². The average Bonchev–Trinajstić information content (AvgIpc) is 2.78. The number of pyridine rings is 1. The van der Waals surface area contributed by atoms with Gasteiger partial charge in [0.25, 0.3) is 0 Å². The van der Waals surface area contributed by atoms with Crippen LogP contribution >= 0.6 is 11.3 Å². The summed E-state index contributed by atoms with van der Waals surface area (Å²) in [7, 11) is 0. The van der Waals surface area contributed by atoms with Crippen LogP contribution in [0.2, 0.25) is 0 Å². The van der Waals surface area contributed by atoms with Crippen LogP contribution < -0.4 is 0 Å². The van der Waals surface area contributed by atoms with E-state index in [-0.39, 0.29) is 6.61 Å². The number of hydrogen-bond acceptors (Lipinski definition) is 4. The molecule has 0 aliphatic carbocycles. The lowest BCUT2D eigenvalue weighted by molar-refractivity contribution is 0.277. The van der Waals surface area contributed by atoms with E-state index in [4.69, 9.17) is 5.11 Å². The first-order valence-electron chi connectivity index (χ1n) is 5.22. The Morgan fingerprint density at radius 2 is 2.19 bits per heavy atom. The lowest BCUT2D eigenvalue weighted by atomic mass is 10.2. The fourth-order valence-corrected chi connectivity index (χ4v) is 2.20. The van der Waals surface area contributed by atoms with E-state index >= 15 is 0 Å². The maximum atomic E-state index is 8.90. The van der Waals surface area contributed by atoms with Crippen LogP contribution in [0.1, 0.15) is 30.5 Å². The number of thiazole rings is 1. The molecule has 0 saturated heterocycles. The topological polar surface area (TPSA) is 46.0 Å². The Labute approximate surface area is 98.8 Å². The molecule has 0 fully saturated rings. The molecule has 1 N–H and O–H groups in total. The number of aliphatic hydroxyl groups is 1. The molecule has 0 aliphatic heterocycles. The van der Waals surface area contributed by atoms with Crippen LogP contribution in [-0.4, -0.2) is 15.1 Å². The Bertz CT molecular complexity index is 462. The first-order chi connectivity index (χ1) is 7.70. The first-order valence-corrected chi connectivity index (χ1v) is 6.10. The summed E-state index contributed by atoms with van der Waals surface area (Å²) in [5.41, 5.74) is 2.65. The van der Waals surface area contributed by atoms with E-state index in [1.807, 2.05) is 17.5 Å². The van der Waals surface area contributed by atoms with Crippen LogP contribution in [0.3, 0.4) is 0 Å². The zero-order chi connectivity index (χ0) is 11.5. The third kappa shape index (κ3) is 2.28. The predicted octanol–water partition coefficient (Wildman–Crippen LogP) is 2.82. The van der Waals surface area contributed by atoms with E-state index in [0.717, 1.165) is 16.3 Å². The molecule has 2 rings (SSSR count). The molecule has 0 radical (unpaired) electrons. The van der Waals surface area contributed by atoms with E-state index in [0.29, 0.717) is 11.6 Å². The van der Waals surface area contributed by atoms with E-state index in [2.05, 4.69) is 23.8 Å². The second-order valence-corrected chi connectivity index (χ2v) is 4.81. The van der Waals surface area contributed by atoms with Gasteiger partial charge in [-0.3, -0.25) is 4.98 Å². The summed E-state index contributed by atoms with van der Waals surface area (Å²) in [4.78, 5) is 8.69. The minimum Gasteiger partial charge on any atom is -0.390 e. The standard InChI is InChI=1S/C12H14N2OS/c1-8(2)12-14-11(7-16-12)9-3-4-10(6-15)13-5-9/h3-5,7-8,15H,6H2,1-2H3. The molecule has 0 bridgehead atoms. The zero-order valence-electron chi connectivity index (χ0n) is 9.34. The summed E-state index contributed by atoms with van der Waals surface area (Å²) in [5, 5.41) is 12.1. The van der Waals surface area contributed by atoms with Gasteiger partial charge in [0.05, 0.1) is 23.0 Å². The van der Waals surface area contributed by atoms with Crippen LogP contribution in [0.25, 0.3) is 11.3 Å². The molecule has 0 saturated carbocycles. The average molecular weight is 234 g/mol. The number of rotatable bonds is 3. The van der Waals surface area contributed by atoms with E-state index in [1.165, 1.54) is 0 Å². The Morgan fingerprint density at radius 3 is 2.69 bits per heavy atom. The minimum absolute atomic E-state index is 0.0193. The van der Waals surface area contributed by atoms with Gasteiger partial charge in [0, 0.05) is 23.1 Å². The zero-order valence-corrected chi connectivity index (χ0v) is 10.2. The van der Waals surface area contributed by atoms with E-state index < -0.39 is 0 Å². The normalized spacial score (nSPS) is 11.0. The second kappa shape index (κ2) is 4.72. The van der Waals surface area contributed by atoms with Crippen molar-refractivity contribution in [3.8, 4) is 11.3 Å². The van der Waals surface area contributed by atoms with E-state index in [1.54, 1.807) is 17.5 Å². The van der Waals surface area contributed by atoms with Crippen molar-refractivity contribution in [3.63, 3.8) is 0 Å². The van der Waals surface area contributed by atoms with Gasteiger partial charge in [0.1, 0.15) is 0 Å². The van der Waals surface area contributed by atoms with Crippen molar-refractivity contribution < 1.29 is 5.11 Å². The highest BCUT2D eigenvalue weighted by molar-refractivity contribution is 7.10. The minimum atomic E-state index is -0.0193. The summed E-state index contributed by atoms with van der Waals surface area (Å²) in [5.74, 6) is 0.462. The molecule has 2 heterocycles. The van der Waals surface area contributed by atoms with Crippen LogP contribution in [0.5, 0.6) is 0 Å². The molecule has 0 aliphatic rings. The fraction of sp³-hybridized carbons (Fsp3) is 0.333. The number of nitrogens with zero attached hydrogens (tertiary/aromatic N) is 2. The monoisotopic (exact) mass is 234 g/mol. The van der Waals surface area contributed by atoms with Gasteiger partial charge in [0.2, 0.25) is 0 Å². The quantitative estimate of drug-likeness (QED) is 0.888. The highest BCUT2D eigenvalue weighted by atomic mass is 32.1. The van der Waals surface area contributed by atoms with E-state index in [9.17, 15) is 0 Å². The fourth-order valence-electron chi connectivity index (χ4n) is 1.35. The molecule has 84 valence electrons. The van der Waals surface area contributed by atoms with Crippen LogP contribution in [0.15, 0.2) is 23.7 Å². The molecule has 0 spiro atoms. The van der Waals surface area contributed by atoms with Crippen molar-refractivity contribution >= 4 is 11.3 Å². The molecule has 0 amide bonds. The van der Waals surface area contributed by atoms with Gasteiger partial charge in [-0.05, 0) is 12.1 Å². The van der Waals surface area contributed by atoms with Gasteiger partial charge >= 0.3 is 0 Å². The van der Waals surface area contributed by atoms with Gasteiger partial charge in [-0.25, -0.2) is 4.98 Å². The van der Waals surface area contributed by atoms with Crippen molar-refractivity contribution in [2.45, 2.75) is 26.4 Å². The maximum absolute atomic E-state index is 8.90. The summed E-state index contributed by atoms with van der Waals surface area (Å²) >= 11 is 1.67. The summed E-state index contributed by atoms with van der Waals surface area (Å²) in [6.45, 7) is 4.25. The molecular formula is C12H14N2OS. The smallest absolute Gasteiger partial charge is 0.0958 e. The number of aromatic nitrogens is 2. The number of aliphatic hydroxyl groups excluding tert-OH is 1. The maximum Gasteiger partial charge on any atom is 0.0958 e. The highest BCUT2D eigenvalue weighted by Crippen LogP contribution is 2.25. The van der Waals surface area contributed by atoms with Crippen molar-refractivity contribution in [1.82, 2.24) is 9.97 Å². The Kier molecular flexibility index (Phi) is 3.31. The lowest BCUT2D eigenvalue weighted by Gasteiger charge is -1.99. The Hall–Kier alpha value is -1.26. The molecule has 0 aromatic carbocycles. The highest BCUT2D eigenvalue weighted by Gasteiger charge is 2.07. The molecule has 4 heteroatoms. The molecule has 16 heavy (non-hydrogen) atoms. The Morgan fingerprint density at radius 1 is 1.38 bits per heavy atom. The molecule has 0 atom stereocenters. The molecule has 2 aromatic rings. The van der Waals surface area contributed by atoms with Crippen molar-refractivity contribution in [1.29, 1.82) is 0 Å². The third-order valence-electron chi connectivity index (χ3n) is 2.30. The molecule has 2 aromatic heterocycles. The summed E-state index contributed by atoms with van der Waals surface area (Å²) in [6, 6.07) is 3.77. The van der Waals surface area contributed by atoms with Crippen LogP contribution in [0, 0.1) is 0 Å². The summed E-state index contributed by atoms with van der Waals surface area (Å²) < 4.78 is 0. The second-order valence-electron chi connectivity index (χ2n) is 3.92. The van der Waals surface area contributed by atoms with Crippen LogP contribution in [-0.2, 0) is 6.61 Å². The molecule has 3 nitrogen and oxygen atoms in total. The number of hydrogen-bond donors (Lipinski definition) is 1. The van der Waals surface area contributed by atoms with Crippen molar-refractivity contribution in [3.05, 3.63) is 34.4 Å². The summed E-state index contributed by atoms with van der Waals surface area (Å²) in [6.07, 6.45) is 1.75.